The van der Waals surface area contributed by atoms with Crippen molar-refractivity contribution in [3.05, 3.63) is 45.3 Å². The molecule has 126 valence electrons. The first-order chi connectivity index (χ1) is 12.0. The molecule has 1 aromatic heterocycles. The molecule has 0 spiro atoms. The van der Waals surface area contributed by atoms with Crippen molar-refractivity contribution in [2.24, 2.45) is 17.1 Å². The fourth-order valence-electron chi connectivity index (χ4n) is 3.95. The van der Waals surface area contributed by atoms with Gasteiger partial charge in [-0.3, -0.25) is 4.90 Å². The molecule has 1 aliphatic heterocycles. The summed E-state index contributed by atoms with van der Waals surface area (Å²) >= 11 is 1.54. The SMILES string of the molecule is CC(C)N1CC=C2C(C#N)=C(N)C(C#N)(C#N)[C@@H](c3ccsc3)[C@H]2C1. The second kappa shape index (κ2) is 6.37. The average Bonchev–Trinajstić information content (AvgIpc) is 3.14. The Morgan fingerprint density at radius 2 is 2.04 bits per heavy atom. The van der Waals surface area contributed by atoms with Crippen LogP contribution in [0, 0.1) is 45.3 Å². The largest absolute Gasteiger partial charge is 0.399 e. The molecule has 2 aliphatic rings. The summed E-state index contributed by atoms with van der Waals surface area (Å²) in [5.74, 6) is -0.481. The molecular formula is C19H19N5S. The van der Waals surface area contributed by atoms with E-state index in [1.54, 1.807) is 0 Å². The highest BCUT2D eigenvalue weighted by Crippen LogP contribution is 2.54. The summed E-state index contributed by atoms with van der Waals surface area (Å²) in [5.41, 5.74) is 6.95. The van der Waals surface area contributed by atoms with Crippen LogP contribution in [0.5, 0.6) is 0 Å². The lowest BCUT2D eigenvalue weighted by atomic mass is 9.58. The zero-order chi connectivity index (χ0) is 18.2. The van der Waals surface area contributed by atoms with Crippen molar-refractivity contribution in [1.29, 1.82) is 15.8 Å². The molecule has 3 rings (SSSR count). The van der Waals surface area contributed by atoms with E-state index in [-0.39, 0.29) is 17.5 Å². The maximum absolute atomic E-state index is 9.93. The molecule has 2 atom stereocenters. The van der Waals surface area contributed by atoms with Crippen molar-refractivity contribution >= 4 is 11.3 Å². The molecule has 0 unspecified atom stereocenters. The number of nitrogens with two attached hydrogens (primary N) is 1. The van der Waals surface area contributed by atoms with E-state index in [1.165, 1.54) is 11.3 Å². The molecule has 0 aromatic carbocycles. The van der Waals surface area contributed by atoms with E-state index in [0.29, 0.717) is 18.2 Å². The van der Waals surface area contributed by atoms with Crippen LogP contribution >= 0.6 is 11.3 Å². The van der Waals surface area contributed by atoms with E-state index in [4.69, 9.17) is 5.73 Å². The number of allylic oxidation sites excluding steroid dienone is 2. The monoisotopic (exact) mass is 349 g/mol. The minimum atomic E-state index is -1.52. The zero-order valence-corrected chi connectivity index (χ0v) is 15.0. The molecule has 0 amide bonds. The summed E-state index contributed by atoms with van der Waals surface area (Å²) < 4.78 is 0. The van der Waals surface area contributed by atoms with Gasteiger partial charge in [0.25, 0.3) is 0 Å². The molecule has 25 heavy (non-hydrogen) atoms. The van der Waals surface area contributed by atoms with Crippen LogP contribution in [-0.4, -0.2) is 24.0 Å². The van der Waals surface area contributed by atoms with Gasteiger partial charge in [-0.05, 0) is 41.8 Å². The van der Waals surface area contributed by atoms with E-state index < -0.39 is 5.41 Å². The molecule has 2 heterocycles. The number of hydrogen-bond donors (Lipinski definition) is 1. The fourth-order valence-corrected chi connectivity index (χ4v) is 4.65. The summed E-state index contributed by atoms with van der Waals surface area (Å²) in [5, 5.41) is 33.4. The van der Waals surface area contributed by atoms with Gasteiger partial charge in [0.15, 0.2) is 5.41 Å². The van der Waals surface area contributed by atoms with Crippen LogP contribution in [0.25, 0.3) is 0 Å². The van der Waals surface area contributed by atoms with Crippen LogP contribution < -0.4 is 5.73 Å². The topological polar surface area (TPSA) is 101 Å². The third-order valence-corrected chi connectivity index (χ3v) is 6.03. The van der Waals surface area contributed by atoms with Gasteiger partial charge in [-0.25, -0.2) is 0 Å². The highest BCUT2D eigenvalue weighted by atomic mass is 32.1. The third-order valence-electron chi connectivity index (χ3n) is 5.33. The Labute approximate surface area is 151 Å². The van der Waals surface area contributed by atoms with Crippen molar-refractivity contribution in [3.8, 4) is 18.2 Å². The summed E-state index contributed by atoms with van der Waals surface area (Å²) in [7, 11) is 0. The van der Waals surface area contributed by atoms with Crippen LogP contribution in [0.2, 0.25) is 0 Å². The Kier molecular flexibility index (Phi) is 4.39. The van der Waals surface area contributed by atoms with E-state index in [0.717, 1.165) is 17.7 Å². The van der Waals surface area contributed by atoms with Gasteiger partial charge >= 0.3 is 0 Å². The van der Waals surface area contributed by atoms with E-state index in [2.05, 4.69) is 37.0 Å². The van der Waals surface area contributed by atoms with Crippen LogP contribution in [0.3, 0.4) is 0 Å². The first-order valence-corrected chi connectivity index (χ1v) is 9.13. The Balaban J connectivity index is 2.28. The minimum absolute atomic E-state index is 0.0942. The molecule has 6 heteroatoms. The van der Waals surface area contributed by atoms with Crippen LogP contribution in [0.15, 0.2) is 39.7 Å². The van der Waals surface area contributed by atoms with Gasteiger partial charge in [-0.2, -0.15) is 27.1 Å². The first kappa shape index (κ1) is 17.2. The maximum Gasteiger partial charge on any atom is 0.191 e. The van der Waals surface area contributed by atoms with Crippen LogP contribution in [-0.2, 0) is 0 Å². The Morgan fingerprint density at radius 3 is 2.56 bits per heavy atom. The molecule has 0 bridgehead atoms. The Hall–Kier alpha value is -2.59. The lowest BCUT2D eigenvalue weighted by molar-refractivity contribution is 0.174. The standard InChI is InChI=1S/C19H19N5S/c1-12(2)24-5-3-14-15(7-20)18(23)19(10-21,11-22)17(16(14)8-24)13-4-6-25-9-13/h3-4,6,9,12,16-17H,5,8,23H2,1-2H3/t16-,17-/m0/s1. The van der Waals surface area contributed by atoms with E-state index >= 15 is 0 Å². The third kappa shape index (κ3) is 2.45. The molecule has 1 aliphatic carbocycles. The minimum Gasteiger partial charge on any atom is -0.399 e. The molecule has 5 nitrogen and oxygen atoms in total. The highest BCUT2D eigenvalue weighted by Gasteiger charge is 2.54. The van der Waals surface area contributed by atoms with Gasteiger partial charge < -0.3 is 5.73 Å². The summed E-state index contributed by atoms with van der Waals surface area (Å²) in [6.45, 7) is 5.69. The lowest BCUT2D eigenvalue weighted by Gasteiger charge is -2.46. The quantitative estimate of drug-likeness (QED) is 0.884. The second-order valence-corrected chi connectivity index (χ2v) is 7.56. The molecule has 0 fully saturated rings. The maximum atomic E-state index is 9.93. The molecule has 0 saturated heterocycles. The van der Waals surface area contributed by atoms with E-state index in [1.807, 2.05) is 22.9 Å². The molecule has 0 radical (unpaired) electrons. The van der Waals surface area contributed by atoms with E-state index in [9.17, 15) is 15.8 Å². The number of fused-ring (bicyclic) bond motifs is 1. The van der Waals surface area contributed by atoms with Crippen LogP contribution in [0.4, 0.5) is 0 Å². The van der Waals surface area contributed by atoms with Gasteiger partial charge in [-0.1, -0.05) is 6.08 Å². The second-order valence-electron chi connectivity index (χ2n) is 6.78. The fraction of sp³-hybridized carbons (Fsp3) is 0.421. The smallest absolute Gasteiger partial charge is 0.191 e. The van der Waals surface area contributed by atoms with Gasteiger partial charge in [-0.15, -0.1) is 0 Å². The van der Waals surface area contributed by atoms with Crippen molar-refractivity contribution in [2.45, 2.75) is 25.8 Å². The van der Waals surface area contributed by atoms with Gasteiger partial charge in [0.05, 0.1) is 23.4 Å². The first-order valence-electron chi connectivity index (χ1n) is 8.19. The number of thiophene rings is 1. The predicted molar refractivity (Wildman–Crippen MR) is 95.8 cm³/mol. The van der Waals surface area contributed by atoms with Crippen molar-refractivity contribution in [2.75, 3.05) is 13.1 Å². The van der Waals surface area contributed by atoms with Gasteiger partial charge in [0, 0.05) is 31.0 Å². The highest BCUT2D eigenvalue weighted by molar-refractivity contribution is 7.08. The van der Waals surface area contributed by atoms with Crippen LogP contribution in [0.1, 0.15) is 25.3 Å². The molecule has 0 saturated carbocycles. The van der Waals surface area contributed by atoms with Crippen molar-refractivity contribution in [1.82, 2.24) is 4.90 Å². The predicted octanol–water partition coefficient (Wildman–Crippen LogP) is 2.88. The summed E-state index contributed by atoms with van der Waals surface area (Å²) in [4.78, 5) is 2.30. The summed E-state index contributed by atoms with van der Waals surface area (Å²) in [6.07, 6.45) is 2.04. The molecule has 2 N–H and O–H groups in total. The molecular weight excluding hydrogens is 330 g/mol. The number of rotatable bonds is 2. The Morgan fingerprint density at radius 1 is 1.32 bits per heavy atom. The number of nitriles is 3. The Bertz CT molecular complexity index is 843. The van der Waals surface area contributed by atoms with Gasteiger partial charge in [0.2, 0.25) is 0 Å². The van der Waals surface area contributed by atoms with Gasteiger partial charge in [0.1, 0.15) is 6.07 Å². The lowest BCUT2D eigenvalue weighted by Crippen LogP contribution is -2.49. The average molecular weight is 349 g/mol. The normalized spacial score (nSPS) is 25.5. The molecule has 1 aromatic rings. The zero-order valence-electron chi connectivity index (χ0n) is 14.2. The van der Waals surface area contributed by atoms with Crippen molar-refractivity contribution in [3.63, 3.8) is 0 Å². The summed E-state index contributed by atoms with van der Waals surface area (Å²) in [6, 6.07) is 8.77. The number of hydrogen-bond acceptors (Lipinski definition) is 6. The van der Waals surface area contributed by atoms with Crippen molar-refractivity contribution < 1.29 is 0 Å². The number of nitrogens with zero attached hydrogens (tertiary/aromatic N) is 4.